The summed E-state index contributed by atoms with van der Waals surface area (Å²) in [5.74, 6) is 0.230. The van der Waals surface area contributed by atoms with Crippen molar-refractivity contribution in [3.63, 3.8) is 0 Å². The van der Waals surface area contributed by atoms with Crippen LogP contribution in [-0.2, 0) is 6.18 Å². The van der Waals surface area contributed by atoms with Crippen LogP contribution < -0.4 is 5.73 Å². The van der Waals surface area contributed by atoms with Gasteiger partial charge in [-0.1, -0.05) is 49.4 Å². The second-order valence-electron chi connectivity index (χ2n) is 5.15. The van der Waals surface area contributed by atoms with Crippen molar-refractivity contribution in [1.29, 1.82) is 0 Å². The van der Waals surface area contributed by atoms with Crippen molar-refractivity contribution in [3.8, 4) is 11.1 Å². The maximum atomic E-state index is 13.1. The fourth-order valence-electron chi connectivity index (χ4n) is 2.41. The lowest BCUT2D eigenvalue weighted by molar-refractivity contribution is -0.137. The highest BCUT2D eigenvalue weighted by Crippen LogP contribution is 2.37. The molecule has 1 atom stereocenters. The first-order valence-corrected chi connectivity index (χ1v) is 6.90. The van der Waals surface area contributed by atoms with Crippen molar-refractivity contribution in [2.45, 2.75) is 25.4 Å². The average molecular weight is 293 g/mol. The van der Waals surface area contributed by atoms with Crippen LogP contribution in [0.25, 0.3) is 11.1 Å². The molecule has 0 saturated heterocycles. The number of halogens is 3. The summed E-state index contributed by atoms with van der Waals surface area (Å²) < 4.78 is 39.3. The molecule has 0 aliphatic heterocycles. The molecule has 0 fully saturated rings. The predicted octanol–water partition coefficient (Wildman–Crippen LogP) is 4.82. The molecule has 2 aromatic rings. The van der Waals surface area contributed by atoms with Gasteiger partial charge in [0.1, 0.15) is 0 Å². The van der Waals surface area contributed by atoms with E-state index in [2.05, 4.69) is 0 Å². The third-order valence-corrected chi connectivity index (χ3v) is 3.60. The zero-order chi connectivity index (χ0) is 15.5. The van der Waals surface area contributed by atoms with Gasteiger partial charge in [0.25, 0.3) is 0 Å². The highest BCUT2D eigenvalue weighted by atomic mass is 19.4. The number of alkyl halides is 3. The van der Waals surface area contributed by atoms with Crippen molar-refractivity contribution >= 4 is 0 Å². The summed E-state index contributed by atoms with van der Waals surface area (Å²) in [4.78, 5) is 0. The van der Waals surface area contributed by atoms with Gasteiger partial charge in [-0.05, 0) is 41.6 Å². The van der Waals surface area contributed by atoms with Gasteiger partial charge in [0.2, 0.25) is 0 Å². The molecule has 0 saturated carbocycles. The Labute approximate surface area is 122 Å². The lowest BCUT2D eigenvalue weighted by Crippen LogP contribution is -2.07. The van der Waals surface area contributed by atoms with Crippen LogP contribution in [0.3, 0.4) is 0 Å². The van der Waals surface area contributed by atoms with Crippen molar-refractivity contribution in [1.82, 2.24) is 0 Å². The topological polar surface area (TPSA) is 26.0 Å². The molecule has 2 N–H and O–H groups in total. The molecule has 0 amide bonds. The van der Waals surface area contributed by atoms with E-state index in [9.17, 15) is 13.2 Å². The van der Waals surface area contributed by atoms with E-state index in [1.165, 1.54) is 12.1 Å². The molecule has 1 unspecified atom stereocenters. The first kappa shape index (κ1) is 15.6. The van der Waals surface area contributed by atoms with Crippen LogP contribution in [0, 0.1) is 0 Å². The first-order chi connectivity index (χ1) is 9.93. The average Bonchev–Trinajstić information content (AvgIpc) is 2.47. The van der Waals surface area contributed by atoms with Gasteiger partial charge in [-0.15, -0.1) is 0 Å². The van der Waals surface area contributed by atoms with E-state index in [1.54, 1.807) is 18.2 Å². The van der Waals surface area contributed by atoms with Gasteiger partial charge in [-0.3, -0.25) is 0 Å². The van der Waals surface area contributed by atoms with Gasteiger partial charge < -0.3 is 5.73 Å². The minimum atomic E-state index is -4.35. The van der Waals surface area contributed by atoms with Crippen molar-refractivity contribution in [3.05, 3.63) is 59.7 Å². The number of nitrogens with two attached hydrogens (primary N) is 1. The maximum Gasteiger partial charge on any atom is 0.417 e. The van der Waals surface area contributed by atoms with Crippen molar-refractivity contribution in [2.75, 3.05) is 6.54 Å². The highest BCUT2D eigenvalue weighted by Gasteiger charge is 2.33. The van der Waals surface area contributed by atoms with Crippen LogP contribution in [-0.4, -0.2) is 6.54 Å². The van der Waals surface area contributed by atoms with E-state index in [4.69, 9.17) is 5.73 Å². The first-order valence-electron chi connectivity index (χ1n) is 6.90. The molecule has 0 aromatic heterocycles. The van der Waals surface area contributed by atoms with Crippen LogP contribution in [0.1, 0.15) is 30.4 Å². The van der Waals surface area contributed by atoms with E-state index in [-0.39, 0.29) is 11.5 Å². The van der Waals surface area contributed by atoms with E-state index >= 15 is 0 Å². The Morgan fingerprint density at radius 3 is 2.43 bits per heavy atom. The van der Waals surface area contributed by atoms with Crippen LogP contribution in [0.4, 0.5) is 13.2 Å². The quantitative estimate of drug-likeness (QED) is 0.859. The molecule has 0 heterocycles. The Bertz CT molecular complexity index is 605. The number of hydrogen-bond acceptors (Lipinski definition) is 1. The highest BCUT2D eigenvalue weighted by molar-refractivity contribution is 5.68. The number of rotatable bonds is 4. The minimum absolute atomic E-state index is 0.215. The zero-order valence-electron chi connectivity index (χ0n) is 11.8. The molecular weight excluding hydrogens is 275 g/mol. The van der Waals surface area contributed by atoms with Crippen LogP contribution in [0.2, 0.25) is 0 Å². The normalized spacial score (nSPS) is 13.2. The fourth-order valence-corrected chi connectivity index (χ4v) is 2.41. The molecule has 2 rings (SSSR count). The summed E-state index contributed by atoms with van der Waals surface area (Å²) in [5.41, 5.74) is 6.76. The predicted molar refractivity (Wildman–Crippen MR) is 79.0 cm³/mol. The second kappa shape index (κ2) is 6.31. The standard InChI is InChI=1S/C17H18F3N/c1-12(9-10-21)13-5-4-6-14(11-13)15-7-2-3-8-16(15)17(18,19)20/h2-8,11-12H,9-10,21H2,1H3. The largest absolute Gasteiger partial charge is 0.417 e. The summed E-state index contributed by atoms with van der Waals surface area (Å²) >= 11 is 0. The lowest BCUT2D eigenvalue weighted by atomic mass is 9.92. The molecule has 0 radical (unpaired) electrons. The van der Waals surface area contributed by atoms with Gasteiger partial charge in [-0.25, -0.2) is 0 Å². The molecule has 4 heteroatoms. The van der Waals surface area contributed by atoms with Crippen LogP contribution >= 0.6 is 0 Å². The Hall–Kier alpha value is -1.81. The molecule has 21 heavy (non-hydrogen) atoms. The zero-order valence-corrected chi connectivity index (χ0v) is 11.8. The van der Waals surface area contributed by atoms with Crippen molar-refractivity contribution < 1.29 is 13.2 Å². The Morgan fingerprint density at radius 1 is 1.05 bits per heavy atom. The lowest BCUT2D eigenvalue weighted by Gasteiger charge is -2.15. The molecule has 0 bridgehead atoms. The van der Waals surface area contributed by atoms with Crippen LogP contribution in [0.15, 0.2) is 48.5 Å². The van der Waals surface area contributed by atoms with Gasteiger partial charge in [-0.2, -0.15) is 13.2 Å². The summed E-state index contributed by atoms with van der Waals surface area (Å²) in [5, 5.41) is 0. The van der Waals surface area contributed by atoms with Crippen LogP contribution in [0.5, 0.6) is 0 Å². The maximum absolute atomic E-state index is 13.1. The van der Waals surface area contributed by atoms with E-state index in [0.717, 1.165) is 18.1 Å². The monoisotopic (exact) mass is 293 g/mol. The summed E-state index contributed by atoms with van der Waals surface area (Å²) in [6, 6.07) is 12.9. The van der Waals surface area contributed by atoms with Crippen molar-refractivity contribution in [2.24, 2.45) is 5.73 Å². The second-order valence-corrected chi connectivity index (χ2v) is 5.15. The smallest absolute Gasteiger partial charge is 0.330 e. The Morgan fingerprint density at radius 2 is 1.76 bits per heavy atom. The van der Waals surface area contributed by atoms with Gasteiger partial charge in [0.05, 0.1) is 5.56 Å². The molecule has 1 nitrogen and oxygen atoms in total. The number of benzene rings is 2. The van der Waals surface area contributed by atoms with Gasteiger partial charge in [0, 0.05) is 0 Å². The molecule has 2 aromatic carbocycles. The SMILES string of the molecule is CC(CCN)c1cccc(-c2ccccc2C(F)(F)F)c1. The summed E-state index contributed by atoms with van der Waals surface area (Å²) in [7, 11) is 0. The summed E-state index contributed by atoms with van der Waals surface area (Å²) in [6.07, 6.45) is -3.54. The Kier molecular flexibility index (Phi) is 4.68. The minimum Gasteiger partial charge on any atom is -0.330 e. The third kappa shape index (κ3) is 3.64. The number of hydrogen-bond donors (Lipinski definition) is 1. The van der Waals surface area contributed by atoms with E-state index < -0.39 is 11.7 Å². The molecular formula is C17H18F3N. The van der Waals surface area contributed by atoms with E-state index in [1.807, 2.05) is 19.1 Å². The summed E-state index contributed by atoms with van der Waals surface area (Å²) in [6.45, 7) is 2.59. The third-order valence-electron chi connectivity index (χ3n) is 3.60. The van der Waals surface area contributed by atoms with Gasteiger partial charge >= 0.3 is 6.18 Å². The fraction of sp³-hybridized carbons (Fsp3) is 0.294. The van der Waals surface area contributed by atoms with Gasteiger partial charge in [0.15, 0.2) is 0 Å². The molecule has 0 spiro atoms. The molecule has 0 aliphatic rings. The van der Waals surface area contributed by atoms with E-state index in [0.29, 0.717) is 12.1 Å². The Balaban J connectivity index is 2.46. The molecule has 0 aliphatic carbocycles. The molecule has 112 valence electrons.